The Morgan fingerprint density at radius 3 is 2.81 bits per heavy atom. The number of hydrogen-bond donors (Lipinski definition) is 5. The molecule has 1 saturated carbocycles. The van der Waals surface area contributed by atoms with Crippen molar-refractivity contribution in [1.82, 2.24) is 15.1 Å². The summed E-state index contributed by atoms with van der Waals surface area (Å²) in [5, 5.41) is 28.2. The Bertz CT molecular complexity index is 1080. The van der Waals surface area contributed by atoms with E-state index < -0.39 is 6.10 Å². The average molecular weight is 438 g/mol. The molecule has 6 N–H and O–H groups in total. The third-order valence-corrected chi connectivity index (χ3v) is 4.93. The quantitative estimate of drug-likeness (QED) is 0.284. The van der Waals surface area contributed by atoms with Crippen molar-refractivity contribution in [3.63, 3.8) is 0 Å². The summed E-state index contributed by atoms with van der Waals surface area (Å²) in [4.78, 5) is 9.37. The lowest BCUT2D eigenvalue weighted by molar-refractivity contribution is 0.114. The monoisotopic (exact) mass is 437 g/mol. The summed E-state index contributed by atoms with van der Waals surface area (Å²) in [5.74, 6) is 2.93. The summed E-state index contributed by atoms with van der Waals surface area (Å²) in [5.41, 5.74) is 7.51. The second kappa shape index (κ2) is 9.75. The van der Waals surface area contributed by atoms with Crippen LogP contribution in [-0.4, -0.2) is 51.7 Å². The van der Waals surface area contributed by atoms with Gasteiger partial charge in [0.25, 0.3) is 0 Å². The molecule has 1 aromatic carbocycles. The molecule has 0 bridgehead atoms. The number of rotatable bonds is 11. The molecule has 3 aromatic rings. The maximum absolute atomic E-state index is 9.66. The van der Waals surface area contributed by atoms with Crippen LogP contribution in [0.1, 0.15) is 29.9 Å². The van der Waals surface area contributed by atoms with Crippen molar-refractivity contribution in [3.8, 4) is 17.1 Å². The number of benzene rings is 1. The van der Waals surface area contributed by atoms with Crippen molar-refractivity contribution in [2.45, 2.75) is 38.5 Å². The number of hydrogen-bond acceptors (Lipinski definition) is 10. The molecule has 1 fully saturated rings. The number of ether oxygens (including phenoxy) is 1. The molecular formula is C22H27N7O3. The predicted molar refractivity (Wildman–Crippen MR) is 121 cm³/mol. The van der Waals surface area contributed by atoms with Crippen molar-refractivity contribution in [3.05, 3.63) is 47.3 Å². The molecule has 168 valence electrons. The van der Waals surface area contributed by atoms with Crippen LogP contribution in [0.5, 0.6) is 5.75 Å². The van der Waals surface area contributed by atoms with Gasteiger partial charge in [-0.15, -0.1) is 0 Å². The highest BCUT2D eigenvalue weighted by Gasteiger charge is 2.24. The molecule has 1 atom stereocenters. The molecule has 2 aromatic heterocycles. The molecule has 10 nitrogen and oxygen atoms in total. The first-order valence-electron chi connectivity index (χ1n) is 10.5. The molecule has 0 spiro atoms. The fraction of sp³-hybridized carbons (Fsp3) is 0.364. The van der Waals surface area contributed by atoms with Gasteiger partial charge in [-0.2, -0.15) is 0 Å². The molecule has 0 saturated heterocycles. The summed E-state index contributed by atoms with van der Waals surface area (Å²) in [6, 6.07) is 9.54. The third kappa shape index (κ3) is 5.40. The molecule has 4 rings (SSSR count). The summed E-state index contributed by atoms with van der Waals surface area (Å²) >= 11 is 0. The second-order valence-corrected chi connectivity index (χ2v) is 7.73. The highest BCUT2D eigenvalue weighted by Crippen LogP contribution is 2.31. The van der Waals surface area contributed by atoms with Gasteiger partial charge >= 0.3 is 0 Å². The van der Waals surface area contributed by atoms with Crippen LogP contribution in [0.3, 0.4) is 0 Å². The number of aromatic nitrogens is 3. The van der Waals surface area contributed by atoms with Gasteiger partial charge in [-0.05, 0) is 31.9 Å². The number of nitrogens with zero attached hydrogens (tertiary/aromatic N) is 3. The van der Waals surface area contributed by atoms with E-state index in [0.717, 1.165) is 29.9 Å². The number of nitrogens with one attached hydrogen (secondary N) is 3. The lowest BCUT2D eigenvalue weighted by atomic mass is 10.2. The van der Waals surface area contributed by atoms with E-state index in [1.54, 1.807) is 6.07 Å². The minimum atomic E-state index is -0.730. The standard InChI is InChI=1S/C22H27N7O3/c1-13-7-16(29-32-13)11-25-21-19(10-24)22(26-15-5-6-15)28-20(27-21)14-3-2-4-18(8-14)31-12-17(30)9-23/h2-4,7-8,10,15,17,24,30H,5-6,9,11-12,23H2,1H3,(H2,25,26,27,28). The largest absolute Gasteiger partial charge is 0.491 e. The van der Waals surface area contributed by atoms with Crippen LogP contribution in [0.4, 0.5) is 11.6 Å². The van der Waals surface area contributed by atoms with Gasteiger partial charge in [0, 0.05) is 30.4 Å². The van der Waals surface area contributed by atoms with Gasteiger partial charge in [0.05, 0.1) is 12.1 Å². The normalized spacial score (nSPS) is 14.1. The molecule has 32 heavy (non-hydrogen) atoms. The van der Waals surface area contributed by atoms with Crippen molar-refractivity contribution >= 4 is 17.9 Å². The first-order valence-corrected chi connectivity index (χ1v) is 10.5. The van der Waals surface area contributed by atoms with E-state index in [2.05, 4.69) is 20.8 Å². The molecule has 1 unspecified atom stereocenters. The molecule has 0 radical (unpaired) electrons. The number of nitrogens with two attached hydrogens (primary N) is 1. The summed E-state index contributed by atoms with van der Waals surface area (Å²) in [7, 11) is 0. The molecule has 1 aliphatic rings. The minimum Gasteiger partial charge on any atom is -0.491 e. The minimum absolute atomic E-state index is 0.103. The zero-order valence-electron chi connectivity index (χ0n) is 17.8. The van der Waals surface area contributed by atoms with E-state index in [9.17, 15) is 5.11 Å². The van der Waals surface area contributed by atoms with Crippen LogP contribution in [0.25, 0.3) is 11.4 Å². The summed E-state index contributed by atoms with van der Waals surface area (Å²) in [6.07, 6.45) is 2.67. The van der Waals surface area contributed by atoms with Gasteiger partial charge in [-0.1, -0.05) is 17.3 Å². The van der Waals surface area contributed by atoms with Crippen LogP contribution in [0.15, 0.2) is 34.9 Å². The predicted octanol–water partition coefficient (Wildman–Crippen LogP) is 2.32. The smallest absolute Gasteiger partial charge is 0.164 e. The highest BCUT2D eigenvalue weighted by atomic mass is 16.5. The zero-order chi connectivity index (χ0) is 22.5. The van der Waals surface area contributed by atoms with Crippen molar-refractivity contribution in [2.24, 2.45) is 5.73 Å². The second-order valence-electron chi connectivity index (χ2n) is 7.73. The van der Waals surface area contributed by atoms with Gasteiger partial charge < -0.3 is 36.1 Å². The van der Waals surface area contributed by atoms with E-state index in [4.69, 9.17) is 25.4 Å². The number of aliphatic hydroxyl groups is 1. The average Bonchev–Trinajstić information content (AvgIpc) is 3.53. The van der Waals surface area contributed by atoms with Crippen molar-refractivity contribution in [2.75, 3.05) is 23.8 Å². The Morgan fingerprint density at radius 2 is 2.12 bits per heavy atom. The number of aryl methyl sites for hydroxylation is 1. The van der Waals surface area contributed by atoms with Gasteiger partial charge in [0.1, 0.15) is 41.6 Å². The van der Waals surface area contributed by atoms with Crippen LogP contribution < -0.4 is 21.1 Å². The van der Waals surface area contributed by atoms with E-state index in [1.807, 2.05) is 31.2 Å². The summed E-state index contributed by atoms with van der Waals surface area (Å²) < 4.78 is 10.8. The van der Waals surface area contributed by atoms with Gasteiger partial charge in [0.2, 0.25) is 0 Å². The zero-order valence-corrected chi connectivity index (χ0v) is 17.8. The van der Waals surface area contributed by atoms with Crippen molar-refractivity contribution < 1.29 is 14.4 Å². The third-order valence-electron chi connectivity index (χ3n) is 4.93. The topological polar surface area (TPSA) is 155 Å². The Morgan fingerprint density at radius 1 is 1.31 bits per heavy atom. The maximum atomic E-state index is 9.66. The fourth-order valence-corrected chi connectivity index (χ4v) is 3.06. The first kappa shape index (κ1) is 21.7. The van der Waals surface area contributed by atoms with Crippen LogP contribution >= 0.6 is 0 Å². The molecule has 0 aliphatic heterocycles. The Balaban J connectivity index is 1.64. The van der Waals surface area contributed by atoms with E-state index in [0.29, 0.717) is 41.4 Å². The van der Waals surface area contributed by atoms with E-state index >= 15 is 0 Å². The lowest BCUT2D eigenvalue weighted by Gasteiger charge is -2.15. The van der Waals surface area contributed by atoms with Crippen molar-refractivity contribution in [1.29, 1.82) is 5.41 Å². The lowest BCUT2D eigenvalue weighted by Crippen LogP contribution is -2.26. The van der Waals surface area contributed by atoms with Gasteiger partial charge in [-0.25, -0.2) is 9.97 Å². The SMILES string of the molecule is Cc1cc(CNc2nc(-c3cccc(OCC(O)CN)c3)nc(NC3CC3)c2C=N)no1. The molecular weight excluding hydrogens is 410 g/mol. The van der Waals surface area contributed by atoms with Crippen LogP contribution in [0, 0.1) is 12.3 Å². The Labute approximate surface area is 185 Å². The maximum Gasteiger partial charge on any atom is 0.164 e. The van der Waals surface area contributed by atoms with Crippen LogP contribution in [0.2, 0.25) is 0 Å². The molecule has 10 heteroatoms. The first-order chi connectivity index (χ1) is 15.6. The number of aliphatic hydroxyl groups excluding tert-OH is 1. The molecule has 1 aliphatic carbocycles. The number of anilines is 2. The van der Waals surface area contributed by atoms with E-state index in [-0.39, 0.29) is 13.2 Å². The van der Waals surface area contributed by atoms with Gasteiger partial charge in [-0.3, -0.25) is 0 Å². The fourth-order valence-electron chi connectivity index (χ4n) is 3.06. The molecule has 0 amide bonds. The Kier molecular flexibility index (Phi) is 6.62. The highest BCUT2D eigenvalue weighted by molar-refractivity contribution is 5.91. The summed E-state index contributed by atoms with van der Waals surface area (Å²) in [6.45, 7) is 2.47. The van der Waals surface area contributed by atoms with E-state index in [1.165, 1.54) is 6.21 Å². The van der Waals surface area contributed by atoms with Gasteiger partial charge in [0.15, 0.2) is 5.82 Å². The molecule has 2 heterocycles. The Hall–Kier alpha value is -3.50. The van der Waals surface area contributed by atoms with Crippen LogP contribution in [-0.2, 0) is 6.54 Å².